The van der Waals surface area contributed by atoms with Crippen molar-refractivity contribution in [1.29, 1.82) is 0 Å². The summed E-state index contributed by atoms with van der Waals surface area (Å²) in [6, 6.07) is 11.8. The van der Waals surface area contributed by atoms with E-state index >= 15 is 0 Å². The quantitative estimate of drug-likeness (QED) is 0.881. The van der Waals surface area contributed by atoms with E-state index in [-0.39, 0.29) is 5.82 Å². The van der Waals surface area contributed by atoms with Crippen molar-refractivity contribution in [2.75, 3.05) is 6.54 Å². The maximum atomic E-state index is 14.1. The van der Waals surface area contributed by atoms with E-state index in [0.29, 0.717) is 0 Å². The molecule has 3 rings (SSSR count). The predicted octanol–water partition coefficient (Wildman–Crippen LogP) is 4.09. The van der Waals surface area contributed by atoms with Crippen LogP contribution in [0.1, 0.15) is 30.0 Å². The molecule has 0 radical (unpaired) electrons. The van der Waals surface area contributed by atoms with Gasteiger partial charge in [-0.3, -0.25) is 0 Å². The fourth-order valence-corrected chi connectivity index (χ4v) is 2.91. The molecule has 0 heterocycles. The van der Waals surface area contributed by atoms with Gasteiger partial charge in [-0.2, -0.15) is 0 Å². The van der Waals surface area contributed by atoms with Crippen molar-refractivity contribution in [3.63, 3.8) is 0 Å². The van der Waals surface area contributed by atoms with E-state index in [4.69, 9.17) is 0 Å². The van der Waals surface area contributed by atoms with Crippen LogP contribution in [0.25, 0.3) is 11.1 Å². The van der Waals surface area contributed by atoms with E-state index in [1.165, 1.54) is 24.0 Å². The van der Waals surface area contributed by atoms with Gasteiger partial charge in [0.2, 0.25) is 0 Å². The van der Waals surface area contributed by atoms with E-state index in [2.05, 4.69) is 30.4 Å². The lowest BCUT2D eigenvalue weighted by Crippen LogP contribution is -2.11. The van der Waals surface area contributed by atoms with Crippen LogP contribution in [0.2, 0.25) is 0 Å². The third-order valence-corrected chi connectivity index (χ3v) is 4.02. The first-order valence-corrected chi connectivity index (χ1v) is 7.39. The van der Waals surface area contributed by atoms with Crippen molar-refractivity contribution in [2.45, 2.75) is 32.7 Å². The Morgan fingerprint density at radius 1 is 1.05 bits per heavy atom. The van der Waals surface area contributed by atoms with Crippen molar-refractivity contribution < 1.29 is 4.39 Å². The smallest absolute Gasteiger partial charge is 0.131 e. The Morgan fingerprint density at radius 2 is 1.90 bits per heavy atom. The summed E-state index contributed by atoms with van der Waals surface area (Å²) in [6.07, 6.45) is 3.52. The zero-order valence-corrected chi connectivity index (χ0v) is 11.9. The maximum Gasteiger partial charge on any atom is 0.131 e. The highest BCUT2D eigenvalue weighted by Crippen LogP contribution is 2.30. The number of hydrogen-bond donors (Lipinski definition) is 1. The highest BCUT2D eigenvalue weighted by Gasteiger charge is 2.13. The Hall–Kier alpha value is -1.67. The Kier molecular flexibility index (Phi) is 3.83. The van der Waals surface area contributed by atoms with E-state index in [1.54, 1.807) is 6.07 Å². The number of hydrogen-bond acceptors (Lipinski definition) is 1. The van der Waals surface area contributed by atoms with Gasteiger partial charge in [-0.05, 0) is 60.2 Å². The van der Waals surface area contributed by atoms with Crippen molar-refractivity contribution >= 4 is 0 Å². The van der Waals surface area contributed by atoms with Gasteiger partial charge in [-0.1, -0.05) is 31.2 Å². The van der Waals surface area contributed by atoms with Crippen LogP contribution in [0.5, 0.6) is 0 Å². The number of fused-ring (bicyclic) bond motifs is 1. The lowest BCUT2D eigenvalue weighted by Gasteiger charge is -2.09. The molecular formula is C18H20FN. The van der Waals surface area contributed by atoms with Gasteiger partial charge in [-0.25, -0.2) is 4.39 Å². The van der Waals surface area contributed by atoms with Gasteiger partial charge < -0.3 is 5.32 Å². The van der Waals surface area contributed by atoms with Crippen LogP contribution < -0.4 is 5.32 Å². The molecule has 0 bridgehead atoms. The molecule has 1 nitrogen and oxygen atoms in total. The molecule has 0 spiro atoms. The van der Waals surface area contributed by atoms with Crippen LogP contribution in [0.3, 0.4) is 0 Å². The largest absolute Gasteiger partial charge is 0.313 e. The van der Waals surface area contributed by atoms with Crippen molar-refractivity contribution in [3.05, 3.63) is 58.9 Å². The molecule has 104 valence electrons. The van der Waals surface area contributed by atoms with Crippen LogP contribution in [-0.2, 0) is 19.4 Å². The van der Waals surface area contributed by atoms with Gasteiger partial charge in [0, 0.05) is 12.1 Å². The standard InChI is InChI=1S/C18H20FN/c1-2-20-12-13-6-9-18(19)17(10-13)16-8-7-14-4-3-5-15(14)11-16/h6-11,20H,2-5,12H2,1H3. The first-order valence-electron chi connectivity index (χ1n) is 7.39. The summed E-state index contributed by atoms with van der Waals surface area (Å²) in [4.78, 5) is 0. The van der Waals surface area contributed by atoms with Crippen LogP contribution in [-0.4, -0.2) is 6.54 Å². The molecule has 2 aromatic carbocycles. The normalized spacial score (nSPS) is 13.5. The molecule has 1 aliphatic carbocycles. The summed E-state index contributed by atoms with van der Waals surface area (Å²) in [5.74, 6) is -0.136. The molecule has 0 atom stereocenters. The molecule has 0 saturated carbocycles. The first-order chi connectivity index (χ1) is 9.78. The van der Waals surface area contributed by atoms with Crippen LogP contribution in [0.15, 0.2) is 36.4 Å². The summed E-state index contributed by atoms with van der Waals surface area (Å²) in [5.41, 5.74) is 5.66. The third-order valence-electron chi connectivity index (χ3n) is 4.02. The molecule has 2 heteroatoms. The third kappa shape index (κ3) is 2.61. The highest BCUT2D eigenvalue weighted by atomic mass is 19.1. The Labute approximate surface area is 119 Å². The van der Waals surface area contributed by atoms with E-state index in [0.717, 1.165) is 36.2 Å². The number of benzene rings is 2. The summed E-state index contributed by atoms with van der Waals surface area (Å²) >= 11 is 0. The molecule has 0 unspecified atom stereocenters. The Bertz CT molecular complexity index is 619. The van der Waals surface area contributed by atoms with Gasteiger partial charge in [0.1, 0.15) is 5.82 Å². The van der Waals surface area contributed by atoms with E-state index in [1.807, 2.05) is 12.1 Å². The van der Waals surface area contributed by atoms with Crippen LogP contribution >= 0.6 is 0 Å². The van der Waals surface area contributed by atoms with Gasteiger partial charge in [0.05, 0.1) is 0 Å². The van der Waals surface area contributed by atoms with Gasteiger partial charge in [0.25, 0.3) is 0 Å². The average molecular weight is 269 g/mol. The van der Waals surface area contributed by atoms with Crippen molar-refractivity contribution in [1.82, 2.24) is 5.32 Å². The van der Waals surface area contributed by atoms with E-state index in [9.17, 15) is 4.39 Å². The minimum atomic E-state index is -0.136. The van der Waals surface area contributed by atoms with Gasteiger partial charge >= 0.3 is 0 Å². The molecule has 2 aromatic rings. The summed E-state index contributed by atoms with van der Waals surface area (Å²) in [6.45, 7) is 3.78. The molecule has 0 amide bonds. The lowest BCUT2D eigenvalue weighted by molar-refractivity contribution is 0.629. The fourth-order valence-electron chi connectivity index (χ4n) is 2.91. The first kappa shape index (κ1) is 13.3. The molecule has 1 aliphatic rings. The number of aryl methyl sites for hydroxylation is 2. The zero-order valence-electron chi connectivity index (χ0n) is 11.9. The number of halogens is 1. The Morgan fingerprint density at radius 3 is 2.75 bits per heavy atom. The molecule has 20 heavy (non-hydrogen) atoms. The SMILES string of the molecule is CCNCc1ccc(F)c(-c2ccc3c(c2)CCC3)c1. The zero-order chi connectivity index (χ0) is 13.9. The van der Waals surface area contributed by atoms with E-state index < -0.39 is 0 Å². The predicted molar refractivity (Wildman–Crippen MR) is 81.2 cm³/mol. The second-order valence-corrected chi connectivity index (χ2v) is 5.43. The maximum absolute atomic E-state index is 14.1. The Balaban J connectivity index is 1.96. The lowest BCUT2D eigenvalue weighted by atomic mass is 9.98. The summed E-state index contributed by atoms with van der Waals surface area (Å²) in [5, 5.41) is 3.28. The second kappa shape index (κ2) is 5.76. The highest BCUT2D eigenvalue weighted by molar-refractivity contribution is 5.66. The molecular weight excluding hydrogens is 249 g/mol. The van der Waals surface area contributed by atoms with Crippen molar-refractivity contribution in [2.24, 2.45) is 0 Å². The molecule has 1 N–H and O–H groups in total. The van der Waals surface area contributed by atoms with Crippen molar-refractivity contribution in [3.8, 4) is 11.1 Å². The second-order valence-electron chi connectivity index (χ2n) is 5.43. The molecule has 0 fully saturated rings. The number of nitrogens with one attached hydrogen (secondary N) is 1. The van der Waals surface area contributed by atoms with Crippen LogP contribution in [0.4, 0.5) is 4.39 Å². The van der Waals surface area contributed by atoms with Gasteiger partial charge in [-0.15, -0.1) is 0 Å². The minimum Gasteiger partial charge on any atom is -0.313 e. The van der Waals surface area contributed by atoms with Crippen LogP contribution in [0, 0.1) is 5.82 Å². The fraction of sp³-hybridized carbons (Fsp3) is 0.333. The topological polar surface area (TPSA) is 12.0 Å². The number of rotatable bonds is 4. The summed E-state index contributed by atoms with van der Waals surface area (Å²) < 4.78 is 14.1. The monoisotopic (exact) mass is 269 g/mol. The molecule has 0 aromatic heterocycles. The average Bonchev–Trinajstić information content (AvgIpc) is 2.93. The van der Waals surface area contributed by atoms with Gasteiger partial charge in [0.15, 0.2) is 0 Å². The molecule has 0 saturated heterocycles. The summed E-state index contributed by atoms with van der Waals surface area (Å²) in [7, 11) is 0. The molecule has 0 aliphatic heterocycles. The minimum absolute atomic E-state index is 0.136.